The molecule has 0 atom stereocenters. The molecule has 3 aromatic carbocycles. The van der Waals surface area contributed by atoms with E-state index in [9.17, 15) is 9.59 Å². The summed E-state index contributed by atoms with van der Waals surface area (Å²) < 4.78 is 11.2. The molecule has 7 heteroatoms. The zero-order chi connectivity index (χ0) is 26.9. The lowest BCUT2D eigenvalue weighted by Crippen LogP contribution is -2.13. The molecule has 5 nitrogen and oxygen atoms in total. The van der Waals surface area contributed by atoms with Crippen LogP contribution in [0.5, 0.6) is 11.5 Å². The van der Waals surface area contributed by atoms with Crippen LogP contribution in [0.4, 0.5) is 5.00 Å². The number of anilines is 1. The number of thiophene rings is 1. The third-order valence-electron chi connectivity index (χ3n) is 6.09. The van der Waals surface area contributed by atoms with Gasteiger partial charge in [0.25, 0.3) is 0 Å². The third-order valence-corrected chi connectivity index (χ3v) is 7.14. The minimum atomic E-state index is -0.183. The largest absolute Gasteiger partial charge is 0.490 e. The van der Waals surface area contributed by atoms with Crippen molar-refractivity contribution >= 4 is 41.3 Å². The van der Waals surface area contributed by atoms with E-state index in [0.29, 0.717) is 30.3 Å². The molecule has 0 aliphatic carbocycles. The molecule has 1 heterocycles. The highest BCUT2D eigenvalue weighted by Gasteiger charge is 2.16. The zero-order valence-corrected chi connectivity index (χ0v) is 22.9. The summed E-state index contributed by atoms with van der Waals surface area (Å²) in [6.45, 7) is 4.76. The van der Waals surface area contributed by atoms with Gasteiger partial charge in [0.1, 0.15) is 7.85 Å². The molecule has 0 aliphatic heterocycles. The van der Waals surface area contributed by atoms with E-state index in [0.717, 1.165) is 22.5 Å². The number of ketones is 1. The Morgan fingerprint density at radius 2 is 1.55 bits per heavy atom. The van der Waals surface area contributed by atoms with E-state index in [4.69, 9.17) is 9.47 Å². The first kappa shape index (κ1) is 27.2. The Morgan fingerprint density at radius 1 is 0.842 bits per heavy atom. The van der Waals surface area contributed by atoms with Crippen molar-refractivity contribution in [3.8, 4) is 22.6 Å². The first-order valence-electron chi connectivity index (χ1n) is 12.9. The van der Waals surface area contributed by atoms with Crippen LogP contribution in [0.1, 0.15) is 47.5 Å². The molecule has 0 spiro atoms. The van der Waals surface area contributed by atoms with Gasteiger partial charge in [-0.15, -0.1) is 11.3 Å². The maximum Gasteiger partial charge on any atom is 0.225 e. The molecule has 4 aromatic rings. The van der Waals surface area contributed by atoms with Crippen LogP contribution in [0, 0.1) is 0 Å². The topological polar surface area (TPSA) is 64.6 Å². The summed E-state index contributed by atoms with van der Waals surface area (Å²) in [6.07, 6.45) is 0.990. The van der Waals surface area contributed by atoms with Gasteiger partial charge in [-0.1, -0.05) is 60.1 Å². The quantitative estimate of drug-likeness (QED) is 0.191. The van der Waals surface area contributed by atoms with Crippen molar-refractivity contribution in [3.63, 3.8) is 0 Å². The van der Waals surface area contributed by atoms with Gasteiger partial charge in [0.2, 0.25) is 5.91 Å². The van der Waals surface area contributed by atoms with Gasteiger partial charge in [0.05, 0.1) is 18.2 Å². The van der Waals surface area contributed by atoms with Crippen LogP contribution in [0.25, 0.3) is 11.1 Å². The van der Waals surface area contributed by atoms with Crippen LogP contribution in [-0.4, -0.2) is 32.8 Å². The smallest absolute Gasteiger partial charge is 0.225 e. The Bertz CT molecular complexity index is 1380. The number of nitrogens with one attached hydrogen (secondary N) is 1. The Morgan fingerprint density at radius 3 is 2.26 bits per heavy atom. The molecule has 0 aliphatic rings. The lowest BCUT2D eigenvalue weighted by molar-refractivity contribution is -0.116. The van der Waals surface area contributed by atoms with Gasteiger partial charge in [-0.2, -0.15) is 0 Å². The van der Waals surface area contributed by atoms with Gasteiger partial charge in [0.15, 0.2) is 17.3 Å². The van der Waals surface area contributed by atoms with Crippen molar-refractivity contribution in [2.75, 3.05) is 18.5 Å². The average Bonchev–Trinajstić information content (AvgIpc) is 3.32. The van der Waals surface area contributed by atoms with Crippen molar-refractivity contribution in [1.82, 2.24) is 0 Å². The van der Waals surface area contributed by atoms with E-state index < -0.39 is 0 Å². The molecule has 0 saturated heterocycles. The lowest BCUT2D eigenvalue weighted by atomic mass is 9.94. The number of carbonyl (C=O) groups is 2. The van der Waals surface area contributed by atoms with Crippen molar-refractivity contribution < 1.29 is 19.1 Å². The number of rotatable bonds is 12. The molecule has 38 heavy (non-hydrogen) atoms. The van der Waals surface area contributed by atoms with E-state index in [2.05, 4.69) is 49.6 Å². The second-order valence-corrected chi connectivity index (χ2v) is 10.1. The summed E-state index contributed by atoms with van der Waals surface area (Å²) in [7, 11) is 2.08. The van der Waals surface area contributed by atoms with Crippen LogP contribution < -0.4 is 20.3 Å². The van der Waals surface area contributed by atoms with Gasteiger partial charge in [0, 0.05) is 29.7 Å². The molecule has 1 amide bonds. The summed E-state index contributed by atoms with van der Waals surface area (Å²) in [6, 6.07) is 25.9. The Hall–Kier alpha value is -3.84. The van der Waals surface area contributed by atoms with Crippen molar-refractivity contribution in [1.29, 1.82) is 0 Å². The number of amides is 1. The summed E-state index contributed by atoms with van der Waals surface area (Å²) >= 11 is 1.58. The van der Waals surface area contributed by atoms with E-state index in [-0.39, 0.29) is 24.5 Å². The minimum absolute atomic E-state index is 0.0991. The summed E-state index contributed by atoms with van der Waals surface area (Å²) in [5.41, 5.74) is 5.18. The molecular weight excluding hydrogens is 493 g/mol. The number of Topliss-reactive ketones (excluding diaryl/α,β-unsaturated/α-hetero) is 1. The predicted molar refractivity (Wildman–Crippen MR) is 158 cm³/mol. The fourth-order valence-electron chi connectivity index (χ4n) is 4.17. The third kappa shape index (κ3) is 7.14. The number of ether oxygens (including phenoxy) is 2. The molecule has 0 unspecified atom stereocenters. The fourth-order valence-corrected chi connectivity index (χ4v) is 5.30. The highest BCUT2D eigenvalue weighted by atomic mass is 32.1. The molecule has 0 fully saturated rings. The van der Waals surface area contributed by atoms with Crippen molar-refractivity contribution in [3.05, 3.63) is 94.9 Å². The van der Waals surface area contributed by atoms with Gasteiger partial charge < -0.3 is 14.8 Å². The summed E-state index contributed by atoms with van der Waals surface area (Å²) in [5.74, 6) is 0.854. The van der Waals surface area contributed by atoms with E-state index >= 15 is 0 Å². The highest BCUT2D eigenvalue weighted by Crippen LogP contribution is 2.36. The molecule has 4 rings (SSSR count). The van der Waals surface area contributed by atoms with Crippen LogP contribution in [0.15, 0.2) is 78.9 Å². The monoisotopic (exact) mass is 525 g/mol. The predicted octanol–water partition coefficient (Wildman–Crippen LogP) is 5.66. The minimum Gasteiger partial charge on any atom is -0.490 e. The highest BCUT2D eigenvalue weighted by molar-refractivity contribution is 7.16. The summed E-state index contributed by atoms with van der Waals surface area (Å²) in [5, 5.41) is 3.80. The van der Waals surface area contributed by atoms with Crippen LogP contribution in [-0.2, 0) is 11.2 Å². The number of benzene rings is 3. The van der Waals surface area contributed by atoms with Gasteiger partial charge in [-0.3, -0.25) is 9.59 Å². The van der Waals surface area contributed by atoms with E-state index in [1.807, 2.05) is 38.1 Å². The maximum absolute atomic E-state index is 12.8. The fraction of sp³-hybridized carbons (Fsp3) is 0.226. The van der Waals surface area contributed by atoms with Gasteiger partial charge >= 0.3 is 0 Å². The average molecular weight is 525 g/mol. The number of hydrogen-bond acceptors (Lipinski definition) is 5. The van der Waals surface area contributed by atoms with Gasteiger partial charge in [-0.25, -0.2) is 0 Å². The van der Waals surface area contributed by atoms with E-state index in [1.165, 1.54) is 15.9 Å². The van der Waals surface area contributed by atoms with Crippen LogP contribution >= 0.6 is 11.3 Å². The summed E-state index contributed by atoms with van der Waals surface area (Å²) in [4.78, 5) is 26.8. The Balaban J connectivity index is 1.44. The molecule has 0 bridgehead atoms. The molecule has 1 N–H and O–H groups in total. The molecule has 0 radical (unpaired) electrons. The molecular formula is C31H32BNO4S. The SMILES string of the molecule is Bc1ccc(Cc2sc(NC(=O)CCC(=O)c3ccc(OCC)c(OCC)c3)cc2-c2ccccc2)cc1. The van der Waals surface area contributed by atoms with Crippen LogP contribution in [0.3, 0.4) is 0 Å². The number of carbonyl (C=O) groups excluding carboxylic acids is 2. The molecule has 0 saturated carbocycles. The Labute approximate surface area is 229 Å². The van der Waals surface area contributed by atoms with Crippen molar-refractivity contribution in [2.45, 2.75) is 33.1 Å². The normalized spacial score (nSPS) is 10.7. The molecule has 194 valence electrons. The Kier molecular flexibility index (Phi) is 9.38. The first-order chi connectivity index (χ1) is 18.5. The number of hydrogen-bond donors (Lipinski definition) is 1. The van der Waals surface area contributed by atoms with Gasteiger partial charge in [-0.05, 0) is 54.8 Å². The zero-order valence-electron chi connectivity index (χ0n) is 22.1. The maximum atomic E-state index is 12.8. The lowest BCUT2D eigenvalue weighted by Gasteiger charge is -2.12. The first-order valence-corrected chi connectivity index (χ1v) is 13.7. The van der Waals surface area contributed by atoms with E-state index in [1.54, 1.807) is 29.5 Å². The van der Waals surface area contributed by atoms with Crippen LogP contribution in [0.2, 0.25) is 0 Å². The second-order valence-electron chi connectivity index (χ2n) is 8.97. The second kappa shape index (κ2) is 13.1. The molecule has 1 aromatic heterocycles. The standard InChI is InChI=1S/C31H32BNO4S/c1-3-36-27-16-12-23(19-28(27)37-4-2)26(34)15-17-30(35)33-31-20-25(22-8-6-5-7-9-22)29(38-31)18-21-10-13-24(32)14-11-21/h5-14,16,19-20H,3-4,15,17-18,32H2,1-2H3,(H,33,35). The van der Waals surface area contributed by atoms with Crippen molar-refractivity contribution in [2.24, 2.45) is 0 Å².